The number of thiophene rings is 1. The number of piperidine rings is 1. The van der Waals surface area contributed by atoms with Crippen LogP contribution in [0.3, 0.4) is 0 Å². The van der Waals surface area contributed by atoms with Gasteiger partial charge in [-0.1, -0.05) is 12.1 Å². The van der Waals surface area contributed by atoms with E-state index >= 15 is 0 Å². The Morgan fingerprint density at radius 2 is 1.94 bits per heavy atom. The summed E-state index contributed by atoms with van der Waals surface area (Å²) in [6.45, 7) is 2.72. The maximum atomic E-state index is 13.2. The van der Waals surface area contributed by atoms with Gasteiger partial charge in [-0.25, -0.2) is 8.42 Å². The van der Waals surface area contributed by atoms with E-state index in [4.69, 9.17) is 0 Å². The number of nitro groups is 1. The number of carbonyl (C=O) groups excluding carboxylic acids is 1. The van der Waals surface area contributed by atoms with Crippen molar-refractivity contribution in [3.63, 3.8) is 0 Å². The summed E-state index contributed by atoms with van der Waals surface area (Å²) < 4.78 is 27.6. The van der Waals surface area contributed by atoms with Crippen molar-refractivity contribution in [1.82, 2.24) is 9.21 Å². The van der Waals surface area contributed by atoms with Crippen molar-refractivity contribution < 1.29 is 18.1 Å². The first kappa shape index (κ1) is 21.9. The van der Waals surface area contributed by atoms with Crippen LogP contribution in [0.25, 0.3) is 0 Å². The highest BCUT2D eigenvalue weighted by atomic mass is 32.2. The largest absolute Gasteiger partial charge is 0.334 e. The van der Waals surface area contributed by atoms with Gasteiger partial charge < -0.3 is 4.90 Å². The summed E-state index contributed by atoms with van der Waals surface area (Å²) in [5.74, 6) is -0.0855. The lowest BCUT2D eigenvalue weighted by molar-refractivity contribution is -0.385. The third-order valence-electron chi connectivity index (χ3n) is 5.98. The predicted molar refractivity (Wildman–Crippen MR) is 117 cm³/mol. The fourth-order valence-electron chi connectivity index (χ4n) is 4.04. The summed E-state index contributed by atoms with van der Waals surface area (Å²) in [5, 5.41) is 13.1. The number of hydrogen-bond donors (Lipinski definition) is 0. The molecule has 0 N–H and O–H groups in total. The first-order valence-electron chi connectivity index (χ1n) is 10.4. The van der Waals surface area contributed by atoms with E-state index in [0.717, 1.165) is 23.8 Å². The van der Waals surface area contributed by atoms with Gasteiger partial charge in [-0.3, -0.25) is 14.9 Å². The van der Waals surface area contributed by atoms with Crippen molar-refractivity contribution in [3.8, 4) is 0 Å². The molecule has 0 spiro atoms. The second-order valence-corrected chi connectivity index (χ2v) is 11.1. The molecule has 0 unspecified atom stereocenters. The van der Waals surface area contributed by atoms with Crippen LogP contribution in [0.2, 0.25) is 0 Å². The van der Waals surface area contributed by atoms with Crippen LogP contribution in [0.4, 0.5) is 5.69 Å². The molecule has 1 saturated carbocycles. The number of rotatable bonds is 7. The zero-order valence-corrected chi connectivity index (χ0v) is 18.9. The molecule has 1 saturated heterocycles. The third kappa shape index (κ3) is 4.65. The molecule has 0 bridgehead atoms. The number of aryl methyl sites for hydroxylation is 1. The first-order chi connectivity index (χ1) is 14.8. The zero-order chi connectivity index (χ0) is 22.2. The van der Waals surface area contributed by atoms with E-state index in [0.29, 0.717) is 31.0 Å². The van der Waals surface area contributed by atoms with E-state index in [2.05, 4.69) is 0 Å². The highest BCUT2D eigenvalue weighted by Gasteiger charge is 2.39. The van der Waals surface area contributed by atoms with Crippen molar-refractivity contribution in [2.45, 2.75) is 50.1 Å². The van der Waals surface area contributed by atoms with Crippen molar-refractivity contribution in [2.75, 3.05) is 13.1 Å². The molecule has 1 aromatic heterocycles. The Morgan fingerprint density at radius 1 is 1.23 bits per heavy atom. The average molecular weight is 464 g/mol. The average Bonchev–Trinajstić information content (AvgIpc) is 3.47. The lowest BCUT2D eigenvalue weighted by atomic mass is 9.96. The fourth-order valence-corrected chi connectivity index (χ4v) is 6.46. The van der Waals surface area contributed by atoms with Crippen molar-refractivity contribution in [1.29, 1.82) is 0 Å². The first-order valence-corrected chi connectivity index (χ1v) is 12.7. The lowest BCUT2D eigenvalue weighted by Crippen LogP contribution is -2.44. The lowest BCUT2D eigenvalue weighted by Gasteiger charge is -2.34. The number of amides is 1. The third-order valence-corrected chi connectivity index (χ3v) is 8.88. The van der Waals surface area contributed by atoms with Gasteiger partial charge in [0.25, 0.3) is 5.69 Å². The summed E-state index contributed by atoms with van der Waals surface area (Å²) in [6.07, 6.45) is 2.96. The number of hydrogen-bond acceptors (Lipinski definition) is 6. The Kier molecular flexibility index (Phi) is 6.14. The van der Waals surface area contributed by atoms with E-state index in [9.17, 15) is 23.3 Å². The van der Waals surface area contributed by atoms with Gasteiger partial charge in [0.1, 0.15) is 0 Å². The molecule has 1 aliphatic carbocycles. The molecular weight excluding hydrogens is 438 g/mol. The maximum absolute atomic E-state index is 13.2. The summed E-state index contributed by atoms with van der Waals surface area (Å²) >= 11 is 1.64. The number of non-ortho nitro benzene ring substituents is 1. The van der Waals surface area contributed by atoms with E-state index in [1.54, 1.807) is 18.3 Å². The molecular formula is C21H25N3O5S2. The van der Waals surface area contributed by atoms with Crippen molar-refractivity contribution in [2.24, 2.45) is 5.92 Å². The minimum absolute atomic E-state index is 0.0382. The monoisotopic (exact) mass is 463 g/mol. The Morgan fingerprint density at radius 3 is 2.52 bits per heavy atom. The number of benzene rings is 1. The van der Waals surface area contributed by atoms with Gasteiger partial charge in [0, 0.05) is 42.1 Å². The van der Waals surface area contributed by atoms with Gasteiger partial charge in [-0.15, -0.1) is 11.3 Å². The smallest absolute Gasteiger partial charge is 0.270 e. The van der Waals surface area contributed by atoms with Crippen LogP contribution >= 0.6 is 11.3 Å². The molecule has 2 aromatic rings. The van der Waals surface area contributed by atoms with Crippen molar-refractivity contribution in [3.05, 3.63) is 56.3 Å². The molecule has 2 aliphatic rings. The highest BCUT2D eigenvalue weighted by Crippen LogP contribution is 2.34. The number of sulfonamides is 1. The maximum Gasteiger partial charge on any atom is 0.270 e. The molecule has 2 heterocycles. The summed E-state index contributed by atoms with van der Waals surface area (Å²) in [4.78, 5) is 26.8. The van der Waals surface area contributed by atoms with Gasteiger partial charge in [0.2, 0.25) is 15.9 Å². The second-order valence-electron chi connectivity index (χ2n) is 8.16. The van der Waals surface area contributed by atoms with Gasteiger partial charge >= 0.3 is 0 Å². The minimum atomic E-state index is -3.86. The molecule has 0 atom stereocenters. The summed E-state index contributed by atoms with van der Waals surface area (Å²) in [5.41, 5.74) is 0.225. The molecule has 1 aliphatic heterocycles. The predicted octanol–water partition coefficient (Wildman–Crippen LogP) is 3.56. The van der Waals surface area contributed by atoms with Crippen LogP contribution in [0.15, 0.2) is 40.6 Å². The van der Waals surface area contributed by atoms with Gasteiger partial charge in [-0.2, -0.15) is 4.31 Å². The molecule has 1 aromatic carbocycles. The van der Waals surface area contributed by atoms with Crippen LogP contribution in [-0.2, 0) is 21.4 Å². The number of carbonyl (C=O) groups is 1. The highest BCUT2D eigenvalue weighted by molar-refractivity contribution is 7.89. The SMILES string of the molecule is Cc1ccc([N+](=O)[O-])cc1S(=O)(=O)N1CCC(C(=O)N(Cc2cccs2)C2CC2)CC1. The van der Waals surface area contributed by atoms with E-state index < -0.39 is 14.9 Å². The van der Waals surface area contributed by atoms with E-state index in [-0.39, 0.29) is 35.5 Å². The molecule has 31 heavy (non-hydrogen) atoms. The molecule has 4 rings (SSSR count). The van der Waals surface area contributed by atoms with Crippen LogP contribution in [-0.4, -0.2) is 47.6 Å². The van der Waals surface area contributed by atoms with E-state index in [1.807, 2.05) is 22.4 Å². The molecule has 0 radical (unpaired) electrons. The quantitative estimate of drug-likeness (QED) is 0.462. The Bertz CT molecular complexity index is 1070. The Hall–Kier alpha value is -2.30. The molecule has 8 nitrogen and oxygen atoms in total. The fraction of sp³-hybridized carbons (Fsp3) is 0.476. The number of nitrogens with zero attached hydrogens (tertiary/aromatic N) is 3. The van der Waals surface area contributed by atoms with Gasteiger partial charge in [-0.05, 0) is 49.6 Å². The normalized spacial score (nSPS) is 18.1. The van der Waals surface area contributed by atoms with Crippen LogP contribution < -0.4 is 0 Å². The van der Waals surface area contributed by atoms with Crippen LogP contribution in [0, 0.1) is 23.0 Å². The van der Waals surface area contributed by atoms with Crippen LogP contribution in [0.5, 0.6) is 0 Å². The topological polar surface area (TPSA) is 101 Å². The van der Waals surface area contributed by atoms with Gasteiger partial charge in [0.15, 0.2) is 0 Å². The zero-order valence-electron chi connectivity index (χ0n) is 17.3. The van der Waals surface area contributed by atoms with Gasteiger partial charge in [0.05, 0.1) is 16.4 Å². The summed E-state index contributed by atoms with van der Waals surface area (Å²) in [7, 11) is -3.86. The Balaban J connectivity index is 1.45. The molecule has 2 fully saturated rings. The summed E-state index contributed by atoms with van der Waals surface area (Å²) in [6, 6.07) is 8.19. The molecule has 10 heteroatoms. The molecule has 166 valence electrons. The minimum Gasteiger partial charge on any atom is -0.334 e. The number of nitro benzene ring substituents is 1. The van der Waals surface area contributed by atoms with Crippen molar-refractivity contribution >= 4 is 33.0 Å². The standard InChI is InChI=1S/C21H25N3O5S2/c1-15-4-5-18(24(26)27)13-20(15)31(28,29)22-10-8-16(9-11-22)21(25)23(17-6-7-17)14-19-3-2-12-30-19/h2-5,12-13,16-17H,6-11,14H2,1H3. The molecule has 1 amide bonds. The van der Waals surface area contributed by atoms with E-state index in [1.165, 1.54) is 16.4 Å². The Labute approximate surface area is 185 Å². The van der Waals surface area contributed by atoms with Crippen LogP contribution in [0.1, 0.15) is 36.1 Å². The second kappa shape index (κ2) is 8.68.